The number of aryl methyl sites for hydroxylation is 1. The van der Waals surface area contributed by atoms with Crippen molar-refractivity contribution in [3.05, 3.63) is 24.3 Å². The van der Waals surface area contributed by atoms with Crippen molar-refractivity contribution >= 4 is 16.4 Å². The maximum atomic E-state index is 12.8. The van der Waals surface area contributed by atoms with Gasteiger partial charge in [-0.2, -0.15) is 0 Å². The van der Waals surface area contributed by atoms with Gasteiger partial charge in [-0.1, -0.05) is 0 Å². The van der Waals surface area contributed by atoms with Crippen LogP contribution in [0.25, 0.3) is 0 Å². The lowest BCUT2D eigenvalue weighted by Gasteiger charge is -2.32. The Hall–Kier alpha value is -2.06. The molecule has 2 heterocycles. The van der Waals surface area contributed by atoms with Gasteiger partial charge in [-0.25, -0.2) is 27.8 Å². The predicted octanol–water partition coefficient (Wildman–Crippen LogP) is 1.24. The molecule has 1 fully saturated rings. The third-order valence-corrected chi connectivity index (χ3v) is 6.95. The number of hydrogen-bond donors (Lipinski definition) is 1. The molecule has 166 valence electrons. The van der Waals surface area contributed by atoms with E-state index in [2.05, 4.69) is 21.8 Å². The third-order valence-electron chi connectivity index (χ3n) is 4.99. The van der Waals surface area contributed by atoms with Crippen LogP contribution in [-0.2, 0) is 26.0 Å². The van der Waals surface area contributed by atoms with Crippen LogP contribution in [-0.4, -0.2) is 77.0 Å². The summed E-state index contributed by atoms with van der Waals surface area (Å²) in [5.41, 5.74) is 0. The Morgan fingerprint density at radius 2 is 2.07 bits per heavy atom. The molecule has 1 aliphatic rings. The first-order chi connectivity index (χ1) is 14.5. The molecule has 1 N–H and O–H groups in total. The molecule has 2 rings (SSSR count). The van der Waals surface area contributed by atoms with E-state index in [0.717, 1.165) is 0 Å². The molecular formula is C20H30N4O5S. The molecule has 30 heavy (non-hydrogen) atoms. The van der Waals surface area contributed by atoms with Crippen molar-refractivity contribution in [3.8, 4) is 11.8 Å². The van der Waals surface area contributed by atoms with Crippen molar-refractivity contribution < 1.29 is 23.2 Å². The summed E-state index contributed by atoms with van der Waals surface area (Å²) in [6, 6.07) is 0.895. The molecule has 0 aromatic carbocycles. The van der Waals surface area contributed by atoms with E-state index < -0.39 is 16.1 Å². The highest BCUT2D eigenvalue weighted by Crippen LogP contribution is 2.19. The van der Waals surface area contributed by atoms with Gasteiger partial charge in [0.2, 0.25) is 16.4 Å². The number of nitrogens with zero attached hydrogens (tertiary/aromatic N) is 4. The summed E-state index contributed by atoms with van der Waals surface area (Å²) < 4.78 is 32.9. The minimum absolute atomic E-state index is 0.0288. The number of ether oxygens (including phenoxy) is 1. The van der Waals surface area contributed by atoms with Crippen LogP contribution in [0.3, 0.4) is 0 Å². The SMILES string of the molecule is CC#CCCOC1CCN(S(=O)(=O)CC(CCCc2ncccn2)N(O)C=O)CC1. The van der Waals surface area contributed by atoms with Crippen LogP contribution in [0.5, 0.6) is 0 Å². The van der Waals surface area contributed by atoms with Gasteiger partial charge >= 0.3 is 0 Å². The lowest BCUT2D eigenvalue weighted by molar-refractivity contribution is -0.158. The number of hydroxylamine groups is 2. The standard InChI is InChI=1S/C20H30N4O5S/c1-2-3-4-15-29-19-9-13-23(14-10-19)30(27,28)16-18(24(26)17-25)7-5-8-20-21-11-6-12-22-20/h6,11-12,17-19,26H,4-5,7-10,13-16H2,1H3. The van der Waals surface area contributed by atoms with E-state index >= 15 is 0 Å². The van der Waals surface area contributed by atoms with Crippen molar-refractivity contribution in [2.24, 2.45) is 0 Å². The fraction of sp³-hybridized carbons (Fsp3) is 0.650. The van der Waals surface area contributed by atoms with Crippen LogP contribution in [0.2, 0.25) is 0 Å². The van der Waals surface area contributed by atoms with E-state index in [9.17, 15) is 18.4 Å². The Balaban J connectivity index is 1.84. The summed E-state index contributed by atoms with van der Waals surface area (Å²) in [7, 11) is -3.62. The van der Waals surface area contributed by atoms with E-state index in [1.165, 1.54) is 4.31 Å². The molecule has 0 saturated carbocycles. The highest BCUT2D eigenvalue weighted by atomic mass is 32.2. The van der Waals surface area contributed by atoms with Crippen LogP contribution in [0.4, 0.5) is 0 Å². The largest absolute Gasteiger partial charge is 0.377 e. The lowest BCUT2D eigenvalue weighted by Crippen LogP contribution is -2.46. The second kappa shape index (κ2) is 12.6. The quantitative estimate of drug-likeness (QED) is 0.172. The number of hydrogen-bond acceptors (Lipinski definition) is 7. The zero-order valence-corrected chi connectivity index (χ0v) is 18.1. The average molecular weight is 439 g/mol. The summed E-state index contributed by atoms with van der Waals surface area (Å²) in [5, 5.41) is 10.3. The fourth-order valence-corrected chi connectivity index (χ4v) is 5.14. The molecule has 10 heteroatoms. The minimum atomic E-state index is -3.62. The van der Waals surface area contributed by atoms with Gasteiger partial charge in [0, 0.05) is 38.3 Å². The number of rotatable bonds is 12. The van der Waals surface area contributed by atoms with Crippen molar-refractivity contribution in [2.45, 2.75) is 57.6 Å². The number of carbonyl (C=O) groups excluding carboxylic acids is 1. The minimum Gasteiger partial charge on any atom is -0.377 e. The van der Waals surface area contributed by atoms with Crippen molar-refractivity contribution in [1.82, 2.24) is 19.3 Å². The summed E-state index contributed by atoms with van der Waals surface area (Å²) in [6.45, 7) is 3.06. The van der Waals surface area contributed by atoms with Gasteiger partial charge in [0.15, 0.2) is 0 Å². The Kier molecular flexibility index (Phi) is 10.2. The molecule has 0 aliphatic carbocycles. The summed E-state index contributed by atoms with van der Waals surface area (Å²) >= 11 is 0. The Labute approximate surface area is 178 Å². The van der Waals surface area contributed by atoms with Gasteiger partial charge < -0.3 is 4.74 Å². The Bertz CT molecular complexity index is 801. The normalized spacial score (nSPS) is 16.5. The highest BCUT2D eigenvalue weighted by molar-refractivity contribution is 7.89. The smallest absolute Gasteiger partial charge is 0.233 e. The van der Waals surface area contributed by atoms with Gasteiger partial charge in [-0.05, 0) is 38.7 Å². The predicted molar refractivity (Wildman–Crippen MR) is 111 cm³/mol. The second-order valence-corrected chi connectivity index (χ2v) is 9.13. The molecule has 1 saturated heterocycles. The van der Waals surface area contributed by atoms with Gasteiger partial charge in [0.05, 0.1) is 24.5 Å². The monoisotopic (exact) mass is 438 g/mol. The fourth-order valence-electron chi connectivity index (χ4n) is 3.36. The van der Waals surface area contributed by atoms with E-state index in [1.54, 1.807) is 25.4 Å². The summed E-state index contributed by atoms with van der Waals surface area (Å²) in [4.78, 5) is 19.3. The molecule has 1 unspecified atom stereocenters. The zero-order valence-electron chi connectivity index (χ0n) is 17.3. The van der Waals surface area contributed by atoms with E-state index in [-0.39, 0.29) is 18.3 Å². The summed E-state index contributed by atoms with van der Waals surface area (Å²) in [6.07, 6.45) is 6.86. The van der Waals surface area contributed by atoms with E-state index in [1.807, 2.05) is 0 Å². The number of carbonyl (C=O) groups is 1. The second-order valence-electron chi connectivity index (χ2n) is 7.12. The van der Waals surface area contributed by atoms with Crippen molar-refractivity contribution in [1.29, 1.82) is 0 Å². The number of amides is 1. The first kappa shape index (κ1) is 24.2. The lowest BCUT2D eigenvalue weighted by atomic mass is 10.1. The molecular weight excluding hydrogens is 408 g/mol. The number of piperidine rings is 1. The summed E-state index contributed by atoms with van der Waals surface area (Å²) in [5.74, 6) is 6.07. The van der Waals surface area contributed by atoms with Gasteiger partial charge in [-0.15, -0.1) is 11.8 Å². The first-order valence-electron chi connectivity index (χ1n) is 10.1. The molecule has 1 aliphatic heterocycles. The Morgan fingerprint density at radius 3 is 2.70 bits per heavy atom. The van der Waals surface area contributed by atoms with Gasteiger partial charge in [0.25, 0.3) is 0 Å². The maximum Gasteiger partial charge on any atom is 0.233 e. The molecule has 1 aromatic heterocycles. The van der Waals surface area contributed by atoms with E-state index in [0.29, 0.717) is 69.1 Å². The van der Waals surface area contributed by atoms with Gasteiger partial charge in [0.1, 0.15) is 5.82 Å². The van der Waals surface area contributed by atoms with Crippen molar-refractivity contribution in [2.75, 3.05) is 25.4 Å². The molecule has 9 nitrogen and oxygen atoms in total. The van der Waals surface area contributed by atoms with Gasteiger partial charge in [-0.3, -0.25) is 10.0 Å². The van der Waals surface area contributed by atoms with Crippen LogP contribution in [0.15, 0.2) is 18.5 Å². The van der Waals surface area contributed by atoms with E-state index in [4.69, 9.17) is 4.74 Å². The number of sulfonamides is 1. The van der Waals surface area contributed by atoms with Crippen LogP contribution in [0, 0.1) is 11.8 Å². The maximum absolute atomic E-state index is 12.8. The van der Waals surface area contributed by atoms with Crippen LogP contribution >= 0.6 is 0 Å². The molecule has 1 aromatic rings. The molecule has 1 amide bonds. The zero-order chi connectivity index (χ0) is 21.8. The topological polar surface area (TPSA) is 113 Å². The highest BCUT2D eigenvalue weighted by Gasteiger charge is 2.32. The van der Waals surface area contributed by atoms with Crippen LogP contribution < -0.4 is 0 Å². The van der Waals surface area contributed by atoms with Crippen LogP contribution in [0.1, 0.15) is 44.9 Å². The third kappa shape index (κ3) is 7.99. The molecule has 0 radical (unpaired) electrons. The first-order valence-corrected chi connectivity index (χ1v) is 11.7. The van der Waals surface area contributed by atoms with Crippen molar-refractivity contribution in [3.63, 3.8) is 0 Å². The number of aromatic nitrogens is 2. The Morgan fingerprint density at radius 1 is 1.37 bits per heavy atom. The molecule has 0 spiro atoms. The molecule has 1 atom stereocenters. The molecule has 0 bridgehead atoms. The average Bonchev–Trinajstić information content (AvgIpc) is 2.76.